The quantitative estimate of drug-likeness (QED) is 0.476. The Morgan fingerprint density at radius 2 is 1.67 bits per heavy atom. The molecule has 1 aliphatic rings. The zero-order valence-corrected chi connectivity index (χ0v) is 10.1. The first-order valence-corrected chi connectivity index (χ1v) is 5.40. The van der Waals surface area contributed by atoms with Crippen LogP contribution in [0.2, 0.25) is 0 Å². The second-order valence-corrected chi connectivity index (χ2v) is 4.62. The lowest BCUT2D eigenvalue weighted by atomic mass is 10.1. The minimum absolute atomic E-state index is 0.0291. The van der Waals surface area contributed by atoms with E-state index in [1.165, 1.54) is 0 Å². The molecule has 0 saturated carbocycles. The average molecular weight is 346 g/mol. The second-order valence-electron chi connectivity index (χ2n) is 2.98. The number of hydrogen-bond donors (Lipinski definition) is 0. The lowest BCUT2D eigenvalue weighted by Crippen LogP contribution is -1.99. The lowest BCUT2D eigenvalue weighted by Gasteiger charge is -2.05. The highest BCUT2D eigenvalue weighted by atomic mass is 79.9. The van der Waals surface area contributed by atoms with Crippen molar-refractivity contribution in [1.82, 2.24) is 0 Å². The van der Waals surface area contributed by atoms with Crippen LogP contribution in [0.15, 0.2) is 10.5 Å². The van der Waals surface area contributed by atoms with Crippen molar-refractivity contribution in [3.63, 3.8) is 0 Å². The fourth-order valence-electron chi connectivity index (χ4n) is 1.40. The largest absolute Gasteiger partial charge is 0.236 e. The molecule has 1 aromatic carbocycles. The molecular formula is C9H2Br2F4. The van der Waals surface area contributed by atoms with Crippen LogP contribution >= 0.6 is 31.9 Å². The third-order valence-electron chi connectivity index (χ3n) is 2.12. The van der Waals surface area contributed by atoms with Crippen LogP contribution in [0.25, 0.3) is 4.48 Å². The molecule has 0 spiro atoms. The van der Waals surface area contributed by atoms with Gasteiger partial charge >= 0.3 is 0 Å². The predicted octanol–water partition coefficient (Wildman–Crippen LogP) is 4.59. The first kappa shape index (κ1) is 11.1. The molecule has 0 bridgehead atoms. The van der Waals surface area contributed by atoms with Crippen LogP contribution < -0.4 is 0 Å². The smallest absolute Gasteiger partial charge is 0.195 e. The van der Waals surface area contributed by atoms with Crippen molar-refractivity contribution in [3.05, 3.63) is 39.1 Å². The molecule has 2 rings (SSSR count). The maximum Gasteiger partial charge on any atom is 0.195 e. The molecule has 1 atom stereocenters. The molecule has 15 heavy (non-hydrogen) atoms. The van der Waals surface area contributed by atoms with Crippen LogP contribution in [0, 0.1) is 17.5 Å². The SMILES string of the molecule is Fc1cc2c(c(F)c1F)C(Br)=C(Br)C2F. The van der Waals surface area contributed by atoms with Crippen molar-refractivity contribution in [2.75, 3.05) is 0 Å². The van der Waals surface area contributed by atoms with E-state index in [2.05, 4.69) is 31.9 Å². The van der Waals surface area contributed by atoms with E-state index in [-0.39, 0.29) is 20.1 Å². The molecule has 80 valence electrons. The third kappa shape index (κ3) is 1.45. The molecule has 0 aromatic heterocycles. The summed E-state index contributed by atoms with van der Waals surface area (Å²) in [7, 11) is 0. The van der Waals surface area contributed by atoms with Crippen LogP contribution in [-0.4, -0.2) is 0 Å². The van der Waals surface area contributed by atoms with E-state index in [1.807, 2.05) is 0 Å². The van der Waals surface area contributed by atoms with Gasteiger partial charge in [-0.05, 0) is 22.0 Å². The standard InChI is InChI=1S/C9H2Br2F4/c10-5-4-2(7(13)6(5)11)1-3(12)8(14)9(4)15/h1,7H. The van der Waals surface area contributed by atoms with E-state index in [1.54, 1.807) is 0 Å². The van der Waals surface area contributed by atoms with Gasteiger partial charge in [-0.15, -0.1) is 0 Å². The van der Waals surface area contributed by atoms with Gasteiger partial charge < -0.3 is 0 Å². The van der Waals surface area contributed by atoms with Gasteiger partial charge in [0.1, 0.15) is 0 Å². The van der Waals surface area contributed by atoms with E-state index < -0.39 is 23.6 Å². The zero-order valence-electron chi connectivity index (χ0n) is 6.92. The summed E-state index contributed by atoms with van der Waals surface area (Å²) in [5.41, 5.74) is -0.488. The number of benzene rings is 1. The van der Waals surface area contributed by atoms with Gasteiger partial charge in [0.15, 0.2) is 23.6 Å². The number of fused-ring (bicyclic) bond motifs is 1. The van der Waals surface area contributed by atoms with E-state index in [9.17, 15) is 17.6 Å². The van der Waals surface area contributed by atoms with Gasteiger partial charge in [-0.3, -0.25) is 0 Å². The summed E-state index contributed by atoms with van der Waals surface area (Å²) in [5.74, 6) is -4.37. The normalized spacial score (nSPS) is 19.7. The Bertz CT molecular complexity index is 481. The number of allylic oxidation sites excluding steroid dienone is 1. The van der Waals surface area contributed by atoms with Gasteiger partial charge in [0.2, 0.25) is 0 Å². The topological polar surface area (TPSA) is 0 Å². The Morgan fingerprint density at radius 3 is 2.27 bits per heavy atom. The van der Waals surface area contributed by atoms with Gasteiger partial charge in [0, 0.05) is 20.1 Å². The Labute approximate surface area is 99.2 Å². The molecule has 0 amide bonds. The highest BCUT2D eigenvalue weighted by Gasteiger charge is 2.34. The van der Waals surface area contributed by atoms with Crippen LogP contribution in [0.3, 0.4) is 0 Å². The number of hydrogen-bond acceptors (Lipinski definition) is 0. The Hall–Kier alpha value is -0.360. The van der Waals surface area contributed by atoms with Crippen LogP contribution in [0.1, 0.15) is 17.3 Å². The van der Waals surface area contributed by atoms with Gasteiger partial charge in [0.05, 0.1) is 0 Å². The van der Waals surface area contributed by atoms with Gasteiger partial charge in [-0.2, -0.15) is 0 Å². The monoisotopic (exact) mass is 344 g/mol. The summed E-state index contributed by atoms with van der Waals surface area (Å²) in [6.45, 7) is 0. The van der Waals surface area contributed by atoms with Crippen molar-refractivity contribution in [2.45, 2.75) is 6.17 Å². The van der Waals surface area contributed by atoms with Crippen molar-refractivity contribution in [3.8, 4) is 0 Å². The molecule has 0 saturated heterocycles. The van der Waals surface area contributed by atoms with E-state index in [4.69, 9.17) is 0 Å². The highest BCUT2D eigenvalue weighted by Crippen LogP contribution is 2.49. The summed E-state index contributed by atoms with van der Waals surface area (Å²) < 4.78 is 52.6. The fraction of sp³-hybridized carbons (Fsp3) is 0.111. The van der Waals surface area contributed by atoms with E-state index in [0.29, 0.717) is 6.07 Å². The van der Waals surface area contributed by atoms with Crippen molar-refractivity contribution in [2.24, 2.45) is 0 Å². The van der Waals surface area contributed by atoms with Crippen molar-refractivity contribution < 1.29 is 17.6 Å². The molecule has 0 heterocycles. The summed E-state index contributed by atoms with van der Waals surface area (Å²) in [4.78, 5) is 0. The predicted molar refractivity (Wildman–Crippen MR) is 54.9 cm³/mol. The van der Waals surface area contributed by atoms with Gasteiger partial charge in [-0.25, -0.2) is 17.6 Å². The zero-order chi connectivity index (χ0) is 11.3. The first-order chi connectivity index (χ1) is 6.95. The fourth-order valence-corrected chi connectivity index (χ4v) is 2.45. The molecule has 0 N–H and O–H groups in total. The van der Waals surface area contributed by atoms with Crippen LogP contribution in [0.4, 0.5) is 17.6 Å². The maximum atomic E-state index is 13.5. The second kappa shape index (κ2) is 3.59. The summed E-state index contributed by atoms with van der Waals surface area (Å²) in [5, 5.41) is 0. The molecule has 0 nitrogen and oxygen atoms in total. The first-order valence-electron chi connectivity index (χ1n) is 3.82. The number of alkyl halides is 1. The van der Waals surface area contributed by atoms with Crippen LogP contribution in [-0.2, 0) is 0 Å². The lowest BCUT2D eigenvalue weighted by molar-refractivity contribution is 0.403. The van der Waals surface area contributed by atoms with Crippen molar-refractivity contribution >= 4 is 36.3 Å². The Balaban J connectivity index is 2.79. The van der Waals surface area contributed by atoms with Crippen LogP contribution in [0.5, 0.6) is 0 Å². The summed E-state index contributed by atoms with van der Waals surface area (Å²) in [6, 6.07) is 0.661. The highest BCUT2D eigenvalue weighted by molar-refractivity contribution is 9.16. The van der Waals surface area contributed by atoms with E-state index >= 15 is 0 Å². The Kier molecular flexibility index (Phi) is 2.66. The summed E-state index contributed by atoms with van der Waals surface area (Å²) >= 11 is 5.80. The molecular weight excluding hydrogens is 344 g/mol. The third-order valence-corrected chi connectivity index (χ3v) is 4.27. The number of rotatable bonds is 0. The Morgan fingerprint density at radius 1 is 1.07 bits per heavy atom. The summed E-state index contributed by atoms with van der Waals surface area (Å²) in [6.07, 6.45) is -1.67. The number of halogens is 6. The minimum atomic E-state index is -1.67. The van der Waals surface area contributed by atoms with Crippen molar-refractivity contribution in [1.29, 1.82) is 0 Å². The maximum absolute atomic E-state index is 13.5. The molecule has 6 heteroatoms. The average Bonchev–Trinajstić information content (AvgIpc) is 2.40. The van der Waals surface area contributed by atoms with Gasteiger partial charge in [-0.1, -0.05) is 15.9 Å². The van der Waals surface area contributed by atoms with E-state index in [0.717, 1.165) is 0 Å². The molecule has 1 aliphatic carbocycles. The molecule has 1 unspecified atom stereocenters. The minimum Gasteiger partial charge on any atom is -0.236 e. The molecule has 1 aromatic rings. The molecule has 0 radical (unpaired) electrons. The molecule has 0 fully saturated rings. The molecule has 0 aliphatic heterocycles. The van der Waals surface area contributed by atoms with Gasteiger partial charge in [0.25, 0.3) is 0 Å².